The van der Waals surface area contributed by atoms with E-state index < -0.39 is 36.5 Å². The lowest BCUT2D eigenvalue weighted by Crippen LogP contribution is -2.66. The molecule has 3 aliphatic rings. The van der Waals surface area contributed by atoms with Gasteiger partial charge >= 0.3 is 6.09 Å². The van der Waals surface area contributed by atoms with Crippen molar-refractivity contribution in [2.75, 3.05) is 18.9 Å². The smallest absolute Gasteiger partial charge is 0.407 e. The highest BCUT2D eigenvalue weighted by Gasteiger charge is 2.50. The number of halogens is 1. The number of rotatable bonds is 21. The number of aliphatic hydroxyl groups is 1. The zero-order valence-electron chi connectivity index (χ0n) is 37.2. The number of aliphatic hydroxyl groups excluding tert-OH is 1. The van der Waals surface area contributed by atoms with Gasteiger partial charge in [0.25, 0.3) is 8.32 Å². The van der Waals surface area contributed by atoms with Gasteiger partial charge in [-0.25, -0.2) is 13.2 Å². The van der Waals surface area contributed by atoms with Gasteiger partial charge in [-0.15, -0.1) is 11.6 Å². The number of alkyl halides is 1. The quantitative estimate of drug-likeness (QED) is 0.0472. The van der Waals surface area contributed by atoms with Gasteiger partial charge in [-0.2, -0.15) is 0 Å². The summed E-state index contributed by atoms with van der Waals surface area (Å²) in [5, 5.41) is 16.6. The summed E-state index contributed by atoms with van der Waals surface area (Å²) < 4.78 is 52.7. The molecule has 0 radical (unpaired) electrons. The molecule has 3 aromatic rings. The highest BCUT2D eigenvalue weighted by Crippen LogP contribution is 2.41. The van der Waals surface area contributed by atoms with E-state index in [4.69, 9.17) is 30.2 Å². The van der Waals surface area contributed by atoms with E-state index in [9.17, 15) is 18.3 Å². The number of hydrogen-bond acceptors (Lipinski definition) is 8. The Bertz CT molecular complexity index is 2010. The largest absolute Gasteiger partial charge is 0.444 e. The molecule has 0 saturated carbocycles. The van der Waals surface area contributed by atoms with Crippen LogP contribution < -0.4 is 15.7 Å². The number of ether oxygens (including phenoxy) is 3. The zero-order valence-corrected chi connectivity index (χ0v) is 39.8. The molecular formula is C50H68ClNO8SSi. The summed E-state index contributed by atoms with van der Waals surface area (Å²) in [6, 6.07) is 29.9. The fourth-order valence-corrected chi connectivity index (χ4v) is 16.6. The normalized spacial score (nSPS) is 25.9. The van der Waals surface area contributed by atoms with Gasteiger partial charge in [-0.3, -0.25) is 0 Å². The van der Waals surface area contributed by atoms with Crippen LogP contribution in [0.25, 0.3) is 0 Å². The van der Waals surface area contributed by atoms with Crippen LogP contribution in [0.15, 0.2) is 120 Å². The first-order valence-electron chi connectivity index (χ1n) is 22.4. The number of carbonyl (C=O) groups is 1. The van der Waals surface area contributed by atoms with Crippen LogP contribution in [0.5, 0.6) is 0 Å². The minimum Gasteiger partial charge on any atom is -0.444 e. The zero-order chi connectivity index (χ0) is 44.7. The Labute approximate surface area is 376 Å². The Morgan fingerprint density at radius 2 is 1.56 bits per heavy atom. The van der Waals surface area contributed by atoms with Gasteiger partial charge in [0.05, 0.1) is 47.7 Å². The van der Waals surface area contributed by atoms with E-state index >= 15 is 0 Å². The first-order chi connectivity index (χ1) is 29.5. The third-order valence-electron chi connectivity index (χ3n) is 13.4. The molecule has 0 aliphatic carbocycles. The Balaban J connectivity index is 0.981. The number of hydrogen-bond donors (Lipinski definition) is 2. The van der Waals surface area contributed by atoms with Crippen LogP contribution in [0.4, 0.5) is 4.79 Å². The Morgan fingerprint density at radius 3 is 2.15 bits per heavy atom. The van der Waals surface area contributed by atoms with Gasteiger partial charge in [-0.1, -0.05) is 127 Å². The molecule has 12 heteroatoms. The lowest BCUT2D eigenvalue weighted by molar-refractivity contribution is -0.0126. The first kappa shape index (κ1) is 48.2. The molecule has 3 saturated heterocycles. The molecule has 10 atom stereocenters. The van der Waals surface area contributed by atoms with Gasteiger partial charge < -0.3 is 29.1 Å². The fraction of sp³-hybridized carbons (Fsp3) is 0.540. The number of benzene rings is 3. The minimum absolute atomic E-state index is 0.0509. The van der Waals surface area contributed by atoms with E-state index in [-0.39, 0.29) is 69.7 Å². The van der Waals surface area contributed by atoms with Crippen molar-refractivity contribution >= 4 is 46.2 Å². The van der Waals surface area contributed by atoms with Crippen molar-refractivity contribution < 1.29 is 37.0 Å². The van der Waals surface area contributed by atoms with Crippen LogP contribution >= 0.6 is 11.6 Å². The van der Waals surface area contributed by atoms with Crippen LogP contribution in [0.3, 0.4) is 0 Å². The minimum atomic E-state index is -3.63. The van der Waals surface area contributed by atoms with Crippen molar-refractivity contribution in [3.8, 4) is 0 Å². The number of alkyl carbamates (subject to hydrolysis) is 1. The average Bonchev–Trinajstić information content (AvgIpc) is 3.91. The van der Waals surface area contributed by atoms with E-state index in [2.05, 4.69) is 99.9 Å². The maximum absolute atomic E-state index is 13.6. The SMILES string of the molecule is C=C([C@H](C)C[C@@H](Cl)CC[C@@H]1O[C@@H](CCCO[Si](c2ccccc2)(c2ccccc2)C(C)(C)C)CC1=C)[C@H](O)C[C@@H]1O[C@H](C[C@H]2CNC(=O)O2)[C@H](C)[C@H]1CS(=O)(=O)c1ccccc1. The standard InChI is InChI=1S/C50H68ClNO8SSi/c1-34(36(3)45(53)31-48-44(33-61(55,56)41-19-11-8-12-20-41)37(4)47(60-48)30-40-32-52-49(54)59-40)28-38(51)25-26-46-35(2)29-39(58-46)18-17-27-57-62(50(5,6)7,42-21-13-9-14-22-42)43-23-15-10-16-24-43/h8-16,19-24,34,37-40,44-48,53H,2-3,17-18,25-33H2,1,4-7H3,(H,52,54)/t34-,37-,38+,39+,40+,44-,45-,46+,47-,48+/m1/s1. The summed E-state index contributed by atoms with van der Waals surface area (Å²) in [4.78, 5) is 12.0. The lowest BCUT2D eigenvalue weighted by atomic mass is 9.84. The summed E-state index contributed by atoms with van der Waals surface area (Å²) >= 11 is 6.97. The van der Waals surface area contributed by atoms with E-state index in [0.717, 1.165) is 37.7 Å². The molecular weight excluding hydrogens is 838 g/mol. The number of cyclic esters (lactones) is 1. The van der Waals surface area contributed by atoms with Gasteiger partial charge in [0.2, 0.25) is 0 Å². The van der Waals surface area contributed by atoms with Crippen LogP contribution in [-0.4, -0.2) is 88.8 Å². The van der Waals surface area contributed by atoms with Gasteiger partial charge in [0.15, 0.2) is 9.84 Å². The maximum Gasteiger partial charge on any atom is 0.407 e. The fourth-order valence-electron chi connectivity index (χ4n) is 9.85. The Morgan fingerprint density at radius 1 is 0.952 bits per heavy atom. The molecule has 0 unspecified atom stereocenters. The molecule has 3 aliphatic heterocycles. The molecule has 0 spiro atoms. The van der Waals surface area contributed by atoms with Crippen molar-refractivity contribution in [2.45, 2.75) is 138 Å². The second kappa shape index (κ2) is 21.1. The second-order valence-corrected chi connectivity index (χ2v) is 25.8. The van der Waals surface area contributed by atoms with E-state index in [0.29, 0.717) is 31.6 Å². The third-order valence-corrected chi connectivity index (χ3v) is 20.7. The van der Waals surface area contributed by atoms with Gasteiger partial charge in [-0.05, 0) is 89.1 Å². The van der Waals surface area contributed by atoms with Crippen molar-refractivity contribution in [1.29, 1.82) is 0 Å². The maximum atomic E-state index is 13.6. The second-order valence-electron chi connectivity index (χ2n) is 18.9. The molecule has 2 N–H and O–H groups in total. The number of nitrogens with one attached hydrogen (secondary N) is 1. The monoisotopic (exact) mass is 905 g/mol. The van der Waals surface area contributed by atoms with Crippen molar-refractivity contribution in [3.63, 3.8) is 0 Å². The topological polar surface area (TPSA) is 120 Å². The number of carbonyl (C=O) groups excluding carboxylic acids is 1. The molecule has 0 aromatic heterocycles. The molecule has 1 amide bonds. The predicted octanol–water partition coefficient (Wildman–Crippen LogP) is 8.77. The Hall–Kier alpha value is -3.29. The molecule has 338 valence electrons. The van der Waals surface area contributed by atoms with Gasteiger partial charge in [0, 0.05) is 30.7 Å². The van der Waals surface area contributed by atoms with E-state index in [1.165, 1.54) is 10.4 Å². The van der Waals surface area contributed by atoms with E-state index in [1.54, 1.807) is 30.3 Å². The molecule has 6 rings (SSSR count). The summed E-state index contributed by atoms with van der Waals surface area (Å²) in [5.74, 6) is -0.746. The summed E-state index contributed by atoms with van der Waals surface area (Å²) in [7, 11) is -6.23. The van der Waals surface area contributed by atoms with Crippen LogP contribution in [0.1, 0.15) is 86.0 Å². The Kier molecular flexibility index (Phi) is 16.4. The predicted molar refractivity (Wildman–Crippen MR) is 250 cm³/mol. The van der Waals surface area contributed by atoms with Crippen molar-refractivity contribution in [1.82, 2.24) is 5.32 Å². The molecule has 3 fully saturated rings. The summed E-state index contributed by atoms with van der Waals surface area (Å²) in [5.41, 5.74) is 1.76. The molecule has 9 nitrogen and oxygen atoms in total. The molecule has 3 heterocycles. The van der Waals surface area contributed by atoms with E-state index in [1.807, 2.05) is 13.8 Å². The first-order valence-corrected chi connectivity index (χ1v) is 26.4. The van der Waals surface area contributed by atoms with Crippen molar-refractivity contribution in [3.05, 3.63) is 115 Å². The summed E-state index contributed by atoms with van der Waals surface area (Å²) in [6.45, 7) is 20.6. The van der Waals surface area contributed by atoms with Gasteiger partial charge in [0.1, 0.15) is 6.10 Å². The molecule has 62 heavy (non-hydrogen) atoms. The van der Waals surface area contributed by atoms with Crippen LogP contribution in [0.2, 0.25) is 5.04 Å². The molecule has 3 aromatic carbocycles. The lowest BCUT2D eigenvalue weighted by Gasteiger charge is -2.43. The number of sulfone groups is 1. The average molecular weight is 907 g/mol. The number of amides is 1. The van der Waals surface area contributed by atoms with Crippen LogP contribution in [0, 0.1) is 17.8 Å². The van der Waals surface area contributed by atoms with Crippen LogP contribution in [-0.2, 0) is 28.5 Å². The summed E-state index contributed by atoms with van der Waals surface area (Å²) in [6.07, 6.45) is 2.78. The van der Waals surface area contributed by atoms with Crippen molar-refractivity contribution in [2.24, 2.45) is 17.8 Å². The molecule has 0 bridgehead atoms. The highest BCUT2D eigenvalue weighted by atomic mass is 35.5. The third kappa shape index (κ3) is 11.7. The highest BCUT2D eigenvalue weighted by molar-refractivity contribution is 7.91.